The lowest BCUT2D eigenvalue weighted by Crippen LogP contribution is -2.19. The highest BCUT2D eigenvalue weighted by molar-refractivity contribution is 5.99. The number of Topliss-reactive ketones (excluding diaryl/α,β-unsaturated/α-hetero) is 1. The fraction of sp³-hybridized carbons (Fsp3) is 0.235. The van der Waals surface area contributed by atoms with E-state index in [0.717, 1.165) is 11.3 Å². The molecule has 20 heavy (non-hydrogen) atoms. The van der Waals surface area contributed by atoms with Crippen molar-refractivity contribution < 1.29 is 9.18 Å². The van der Waals surface area contributed by atoms with Gasteiger partial charge in [-0.25, -0.2) is 4.39 Å². The van der Waals surface area contributed by atoms with E-state index < -0.39 is 0 Å². The van der Waals surface area contributed by atoms with Gasteiger partial charge < -0.3 is 4.90 Å². The van der Waals surface area contributed by atoms with Crippen LogP contribution in [0.4, 0.5) is 10.1 Å². The van der Waals surface area contributed by atoms with Crippen molar-refractivity contribution in [3.63, 3.8) is 0 Å². The first-order chi connectivity index (χ1) is 9.47. The Kier molecular flexibility index (Phi) is 4.18. The van der Waals surface area contributed by atoms with Crippen molar-refractivity contribution in [1.29, 1.82) is 0 Å². The van der Waals surface area contributed by atoms with Gasteiger partial charge in [-0.2, -0.15) is 0 Å². The molecule has 0 radical (unpaired) electrons. The molecule has 2 aromatic carbocycles. The minimum atomic E-state index is -0.386. The second-order valence-corrected chi connectivity index (χ2v) is 5.06. The van der Waals surface area contributed by atoms with E-state index in [1.165, 1.54) is 24.6 Å². The van der Waals surface area contributed by atoms with Crippen LogP contribution in [0.2, 0.25) is 0 Å². The summed E-state index contributed by atoms with van der Waals surface area (Å²) >= 11 is 0. The normalized spacial score (nSPS) is 10.4. The lowest BCUT2D eigenvalue weighted by molar-refractivity contribution is 0.101. The number of carbonyl (C=O) groups is 1. The van der Waals surface area contributed by atoms with Gasteiger partial charge in [-0.3, -0.25) is 4.79 Å². The number of anilines is 1. The molecule has 0 heterocycles. The van der Waals surface area contributed by atoms with Crippen molar-refractivity contribution in [1.82, 2.24) is 0 Å². The maximum Gasteiger partial charge on any atom is 0.161 e. The van der Waals surface area contributed by atoms with Crippen molar-refractivity contribution >= 4 is 11.5 Å². The zero-order valence-electron chi connectivity index (χ0n) is 12.0. The SMILES string of the molecule is CC(=O)c1cc(F)ccc1N(C)Cc1ccc(C)cc1. The quantitative estimate of drug-likeness (QED) is 0.784. The Morgan fingerprint density at radius 3 is 2.40 bits per heavy atom. The summed E-state index contributed by atoms with van der Waals surface area (Å²) in [4.78, 5) is 13.6. The van der Waals surface area contributed by atoms with Crippen molar-refractivity contribution in [3.05, 3.63) is 65.0 Å². The van der Waals surface area contributed by atoms with Crippen LogP contribution in [0.15, 0.2) is 42.5 Å². The Labute approximate surface area is 118 Å². The molecular formula is C17H18FNO. The van der Waals surface area contributed by atoms with Gasteiger partial charge in [0.2, 0.25) is 0 Å². The minimum absolute atomic E-state index is 0.129. The van der Waals surface area contributed by atoms with Crippen LogP contribution in [0, 0.1) is 12.7 Å². The fourth-order valence-electron chi connectivity index (χ4n) is 2.18. The molecule has 3 heteroatoms. The molecule has 104 valence electrons. The summed E-state index contributed by atoms with van der Waals surface area (Å²) in [5.74, 6) is -0.516. The number of halogens is 1. The maximum absolute atomic E-state index is 13.3. The van der Waals surface area contributed by atoms with E-state index in [9.17, 15) is 9.18 Å². The van der Waals surface area contributed by atoms with Gasteiger partial charge in [0, 0.05) is 24.8 Å². The molecule has 0 saturated carbocycles. The largest absolute Gasteiger partial charge is 0.370 e. The number of nitrogens with zero attached hydrogens (tertiary/aromatic N) is 1. The van der Waals surface area contributed by atoms with Gasteiger partial charge in [0.1, 0.15) is 5.82 Å². The molecule has 0 unspecified atom stereocenters. The zero-order valence-corrected chi connectivity index (χ0v) is 12.0. The second kappa shape index (κ2) is 5.87. The molecule has 2 aromatic rings. The van der Waals surface area contributed by atoms with Crippen molar-refractivity contribution in [2.75, 3.05) is 11.9 Å². The maximum atomic E-state index is 13.3. The number of benzene rings is 2. The average molecular weight is 271 g/mol. The van der Waals surface area contributed by atoms with Gasteiger partial charge in [-0.1, -0.05) is 29.8 Å². The van der Waals surface area contributed by atoms with Crippen LogP contribution in [0.1, 0.15) is 28.4 Å². The summed E-state index contributed by atoms with van der Waals surface area (Å²) in [5, 5.41) is 0. The molecule has 0 aliphatic heterocycles. The van der Waals surface area contributed by atoms with Crippen LogP contribution < -0.4 is 4.90 Å². The minimum Gasteiger partial charge on any atom is -0.370 e. The third-order valence-electron chi connectivity index (χ3n) is 3.29. The number of rotatable bonds is 4. The molecule has 0 N–H and O–H groups in total. The van der Waals surface area contributed by atoms with E-state index in [-0.39, 0.29) is 11.6 Å². The first kappa shape index (κ1) is 14.3. The van der Waals surface area contributed by atoms with E-state index >= 15 is 0 Å². The smallest absolute Gasteiger partial charge is 0.161 e. The summed E-state index contributed by atoms with van der Waals surface area (Å²) in [6.07, 6.45) is 0. The lowest BCUT2D eigenvalue weighted by atomic mass is 10.1. The Morgan fingerprint density at radius 2 is 1.80 bits per heavy atom. The first-order valence-electron chi connectivity index (χ1n) is 6.54. The molecular weight excluding hydrogens is 253 g/mol. The monoisotopic (exact) mass is 271 g/mol. The molecule has 0 amide bonds. The van der Waals surface area contributed by atoms with Crippen LogP contribution >= 0.6 is 0 Å². The topological polar surface area (TPSA) is 20.3 Å². The molecule has 0 bridgehead atoms. The van der Waals surface area contributed by atoms with E-state index in [1.54, 1.807) is 6.07 Å². The molecule has 2 rings (SSSR count). The number of hydrogen-bond acceptors (Lipinski definition) is 2. The Hall–Kier alpha value is -2.16. The van der Waals surface area contributed by atoms with Gasteiger partial charge in [0.05, 0.1) is 0 Å². The number of carbonyl (C=O) groups excluding carboxylic acids is 1. The van der Waals surface area contributed by atoms with Gasteiger partial charge in [-0.05, 0) is 37.6 Å². The van der Waals surface area contributed by atoms with Crippen LogP contribution in [0.3, 0.4) is 0 Å². The van der Waals surface area contributed by atoms with Gasteiger partial charge in [0.15, 0.2) is 5.78 Å². The van der Waals surface area contributed by atoms with E-state index in [4.69, 9.17) is 0 Å². The number of hydrogen-bond donors (Lipinski definition) is 0. The number of ketones is 1. The number of aryl methyl sites for hydroxylation is 1. The molecule has 2 nitrogen and oxygen atoms in total. The van der Waals surface area contributed by atoms with Crippen LogP contribution in [-0.4, -0.2) is 12.8 Å². The molecule has 0 atom stereocenters. The third-order valence-corrected chi connectivity index (χ3v) is 3.29. The van der Waals surface area contributed by atoms with Crippen molar-refractivity contribution in [2.45, 2.75) is 20.4 Å². The van der Waals surface area contributed by atoms with Crippen LogP contribution in [0.5, 0.6) is 0 Å². The summed E-state index contributed by atoms with van der Waals surface area (Å²) in [5.41, 5.74) is 3.53. The molecule has 0 aliphatic carbocycles. The fourth-order valence-corrected chi connectivity index (χ4v) is 2.18. The third kappa shape index (κ3) is 3.23. The predicted octanol–water partition coefficient (Wildman–Crippen LogP) is 3.97. The highest BCUT2D eigenvalue weighted by Gasteiger charge is 2.12. The van der Waals surface area contributed by atoms with E-state index in [0.29, 0.717) is 12.1 Å². The van der Waals surface area contributed by atoms with Gasteiger partial charge in [-0.15, -0.1) is 0 Å². The lowest BCUT2D eigenvalue weighted by Gasteiger charge is -2.22. The van der Waals surface area contributed by atoms with Crippen LogP contribution in [0.25, 0.3) is 0 Å². The summed E-state index contributed by atoms with van der Waals surface area (Å²) in [6, 6.07) is 12.6. The molecule has 0 aromatic heterocycles. The van der Waals surface area contributed by atoms with E-state index in [2.05, 4.69) is 24.3 Å². The Balaban J connectivity index is 2.27. The summed E-state index contributed by atoms with van der Waals surface area (Å²) in [7, 11) is 1.90. The van der Waals surface area contributed by atoms with Crippen LogP contribution in [-0.2, 0) is 6.54 Å². The van der Waals surface area contributed by atoms with E-state index in [1.807, 2.05) is 18.9 Å². The van der Waals surface area contributed by atoms with Crippen molar-refractivity contribution in [2.24, 2.45) is 0 Å². The van der Waals surface area contributed by atoms with Gasteiger partial charge in [0.25, 0.3) is 0 Å². The molecule has 0 fully saturated rings. The molecule has 0 spiro atoms. The standard InChI is InChI=1S/C17H18FNO/c1-12-4-6-14(7-5-12)11-19(3)17-9-8-15(18)10-16(17)13(2)20/h4-10H,11H2,1-3H3. The molecule has 0 saturated heterocycles. The second-order valence-electron chi connectivity index (χ2n) is 5.06. The highest BCUT2D eigenvalue weighted by atomic mass is 19.1. The van der Waals surface area contributed by atoms with Crippen molar-refractivity contribution in [3.8, 4) is 0 Å². The Morgan fingerprint density at radius 1 is 1.15 bits per heavy atom. The Bertz CT molecular complexity index is 619. The highest BCUT2D eigenvalue weighted by Crippen LogP contribution is 2.23. The average Bonchev–Trinajstić information content (AvgIpc) is 2.41. The predicted molar refractivity (Wildman–Crippen MR) is 79.7 cm³/mol. The van der Waals surface area contributed by atoms with Gasteiger partial charge >= 0.3 is 0 Å². The zero-order chi connectivity index (χ0) is 14.7. The first-order valence-corrected chi connectivity index (χ1v) is 6.54. The summed E-state index contributed by atoms with van der Waals surface area (Å²) in [6.45, 7) is 4.17. The summed E-state index contributed by atoms with van der Waals surface area (Å²) < 4.78 is 13.3. The molecule has 0 aliphatic rings.